The molecule has 4 heteroatoms. The van der Waals surface area contributed by atoms with Crippen LogP contribution in [0.1, 0.15) is 36.5 Å². The number of halogens is 3. The van der Waals surface area contributed by atoms with E-state index in [1.165, 1.54) is 12.1 Å². The second kappa shape index (κ2) is 4.76. The molecule has 1 nitrogen and oxygen atoms in total. The minimum atomic E-state index is -4.32. The van der Waals surface area contributed by atoms with E-state index in [1.54, 1.807) is 16.8 Å². The van der Waals surface area contributed by atoms with Crippen molar-refractivity contribution in [1.29, 1.82) is 0 Å². The van der Waals surface area contributed by atoms with Crippen LogP contribution >= 0.6 is 0 Å². The molecule has 0 radical (unpaired) electrons. The van der Waals surface area contributed by atoms with Crippen LogP contribution in [0.15, 0.2) is 36.7 Å². The van der Waals surface area contributed by atoms with Crippen molar-refractivity contribution in [1.82, 2.24) is 4.57 Å². The van der Waals surface area contributed by atoms with Crippen LogP contribution in [0.2, 0.25) is 0 Å². The lowest BCUT2D eigenvalue weighted by Crippen LogP contribution is -2.08. The Labute approximate surface area is 110 Å². The highest BCUT2D eigenvalue weighted by atomic mass is 19.4. The Morgan fingerprint density at radius 1 is 1.11 bits per heavy atom. The number of nitrogens with zero attached hydrogens (tertiary/aromatic N) is 1. The summed E-state index contributed by atoms with van der Waals surface area (Å²) in [6.45, 7) is 5.69. The smallest absolute Gasteiger partial charge is 0.324 e. The van der Waals surface area contributed by atoms with E-state index in [0.717, 1.165) is 5.56 Å². The van der Waals surface area contributed by atoms with E-state index in [-0.39, 0.29) is 5.92 Å². The van der Waals surface area contributed by atoms with Crippen molar-refractivity contribution >= 4 is 0 Å². The van der Waals surface area contributed by atoms with Gasteiger partial charge in [0.25, 0.3) is 0 Å². The first-order chi connectivity index (χ1) is 8.77. The predicted octanol–water partition coefficient (Wildman–Crippen LogP) is 4.93. The van der Waals surface area contributed by atoms with Crippen LogP contribution in [-0.4, -0.2) is 4.57 Å². The SMILES string of the molecule is Cc1ccn(-c2cc(C(C)C)cc(C(F)(F)F)c2)c1. The van der Waals surface area contributed by atoms with Crippen molar-refractivity contribution in [2.24, 2.45) is 0 Å². The fourth-order valence-corrected chi connectivity index (χ4v) is 1.94. The van der Waals surface area contributed by atoms with Gasteiger partial charge in [0.15, 0.2) is 0 Å². The molecule has 0 N–H and O–H groups in total. The summed E-state index contributed by atoms with van der Waals surface area (Å²) in [5.74, 6) is 0.0534. The minimum Gasteiger partial charge on any atom is -0.324 e. The zero-order chi connectivity index (χ0) is 14.2. The van der Waals surface area contributed by atoms with Gasteiger partial charge in [-0.1, -0.05) is 13.8 Å². The van der Waals surface area contributed by atoms with Gasteiger partial charge in [-0.2, -0.15) is 13.2 Å². The minimum absolute atomic E-state index is 0.0534. The highest BCUT2D eigenvalue weighted by Crippen LogP contribution is 2.33. The monoisotopic (exact) mass is 267 g/mol. The van der Waals surface area contributed by atoms with E-state index >= 15 is 0 Å². The summed E-state index contributed by atoms with van der Waals surface area (Å²) in [6.07, 6.45) is -0.726. The standard InChI is InChI=1S/C15H16F3N/c1-10(2)12-6-13(15(16,17)18)8-14(7-12)19-5-4-11(3)9-19/h4-10H,1-3H3. The number of alkyl halides is 3. The molecule has 102 valence electrons. The summed E-state index contributed by atoms with van der Waals surface area (Å²) in [7, 11) is 0. The molecule has 0 aliphatic rings. The molecule has 0 saturated carbocycles. The highest BCUT2D eigenvalue weighted by Gasteiger charge is 2.31. The maximum atomic E-state index is 12.9. The Morgan fingerprint density at radius 2 is 1.79 bits per heavy atom. The Hall–Kier alpha value is -1.71. The predicted molar refractivity (Wildman–Crippen MR) is 69.6 cm³/mol. The highest BCUT2D eigenvalue weighted by molar-refractivity contribution is 5.43. The average Bonchev–Trinajstić information content (AvgIpc) is 2.74. The number of aryl methyl sites for hydroxylation is 1. The lowest BCUT2D eigenvalue weighted by atomic mass is 9.99. The fourth-order valence-electron chi connectivity index (χ4n) is 1.94. The van der Waals surface area contributed by atoms with Gasteiger partial charge in [0.05, 0.1) is 5.56 Å². The molecule has 0 atom stereocenters. The topological polar surface area (TPSA) is 4.93 Å². The summed E-state index contributed by atoms with van der Waals surface area (Å²) in [4.78, 5) is 0. The van der Waals surface area contributed by atoms with Crippen LogP contribution in [0.4, 0.5) is 13.2 Å². The maximum Gasteiger partial charge on any atom is 0.416 e. The van der Waals surface area contributed by atoms with E-state index in [4.69, 9.17) is 0 Å². The molecule has 0 fully saturated rings. The fraction of sp³-hybridized carbons (Fsp3) is 0.333. The van der Waals surface area contributed by atoms with Crippen molar-refractivity contribution in [3.05, 3.63) is 53.3 Å². The Bertz CT molecular complexity index is 579. The van der Waals surface area contributed by atoms with Gasteiger partial charge in [0.2, 0.25) is 0 Å². The molecule has 19 heavy (non-hydrogen) atoms. The summed E-state index contributed by atoms with van der Waals surface area (Å²) in [6, 6.07) is 6.09. The Balaban J connectivity index is 2.58. The van der Waals surface area contributed by atoms with Crippen molar-refractivity contribution in [3.63, 3.8) is 0 Å². The van der Waals surface area contributed by atoms with Gasteiger partial charge < -0.3 is 4.57 Å². The summed E-state index contributed by atoms with van der Waals surface area (Å²) >= 11 is 0. The van der Waals surface area contributed by atoms with Crippen LogP contribution < -0.4 is 0 Å². The van der Waals surface area contributed by atoms with Crippen molar-refractivity contribution in [3.8, 4) is 5.69 Å². The van der Waals surface area contributed by atoms with Crippen LogP contribution in [0.3, 0.4) is 0 Å². The molecule has 0 unspecified atom stereocenters. The van der Waals surface area contributed by atoms with Gasteiger partial charge in [0.1, 0.15) is 0 Å². The van der Waals surface area contributed by atoms with Crippen LogP contribution in [0.25, 0.3) is 5.69 Å². The van der Waals surface area contributed by atoms with E-state index in [1.807, 2.05) is 33.0 Å². The molecule has 2 aromatic rings. The molecule has 1 aromatic heterocycles. The zero-order valence-corrected chi connectivity index (χ0v) is 11.1. The number of benzene rings is 1. The molecule has 1 aromatic carbocycles. The first kappa shape index (κ1) is 13.7. The summed E-state index contributed by atoms with van der Waals surface area (Å²) < 4.78 is 40.5. The number of hydrogen-bond donors (Lipinski definition) is 0. The van der Waals surface area contributed by atoms with Crippen LogP contribution in [-0.2, 0) is 6.18 Å². The van der Waals surface area contributed by atoms with Gasteiger partial charge in [0, 0.05) is 18.1 Å². The third-order valence-corrected chi connectivity index (χ3v) is 3.07. The van der Waals surface area contributed by atoms with E-state index < -0.39 is 11.7 Å². The second-order valence-corrected chi connectivity index (χ2v) is 5.06. The Morgan fingerprint density at radius 3 is 2.26 bits per heavy atom. The molecule has 2 rings (SSSR count). The molecule has 0 aliphatic carbocycles. The first-order valence-corrected chi connectivity index (χ1v) is 6.14. The van der Waals surface area contributed by atoms with E-state index in [2.05, 4.69) is 0 Å². The van der Waals surface area contributed by atoms with Crippen LogP contribution in [0.5, 0.6) is 0 Å². The average molecular weight is 267 g/mol. The molecular weight excluding hydrogens is 251 g/mol. The maximum absolute atomic E-state index is 12.9. The molecule has 0 spiro atoms. The lowest BCUT2D eigenvalue weighted by molar-refractivity contribution is -0.137. The summed E-state index contributed by atoms with van der Waals surface area (Å²) in [5, 5.41) is 0. The third-order valence-electron chi connectivity index (χ3n) is 3.07. The molecule has 0 aliphatic heterocycles. The van der Waals surface area contributed by atoms with Gasteiger partial charge in [-0.3, -0.25) is 0 Å². The van der Waals surface area contributed by atoms with Gasteiger partial charge in [-0.05, 0) is 48.2 Å². The quantitative estimate of drug-likeness (QED) is 0.727. The molecule has 1 heterocycles. The molecule has 0 amide bonds. The first-order valence-electron chi connectivity index (χ1n) is 6.14. The largest absolute Gasteiger partial charge is 0.416 e. The molecule has 0 saturated heterocycles. The second-order valence-electron chi connectivity index (χ2n) is 5.06. The van der Waals surface area contributed by atoms with Gasteiger partial charge in [-0.25, -0.2) is 0 Å². The van der Waals surface area contributed by atoms with E-state index in [9.17, 15) is 13.2 Å². The van der Waals surface area contributed by atoms with Gasteiger partial charge >= 0.3 is 6.18 Å². The molecule has 0 bridgehead atoms. The van der Waals surface area contributed by atoms with E-state index in [0.29, 0.717) is 11.3 Å². The zero-order valence-electron chi connectivity index (χ0n) is 11.1. The number of rotatable bonds is 2. The number of hydrogen-bond acceptors (Lipinski definition) is 0. The Kier molecular flexibility index (Phi) is 3.43. The van der Waals surface area contributed by atoms with Crippen molar-refractivity contribution in [2.75, 3.05) is 0 Å². The lowest BCUT2D eigenvalue weighted by Gasteiger charge is -2.14. The molecular formula is C15H16F3N. The normalized spacial score (nSPS) is 12.2. The van der Waals surface area contributed by atoms with Crippen molar-refractivity contribution < 1.29 is 13.2 Å². The third kappa shape index (κ3) is 3.00. The summed E-state index contributed by atoms with van der Waals surface area (Å²) in [5.41, 5.74) is 1.66. The van der Waals surface area contributed by atoms with Crippen molar-refractivity contribution in [2.45, 2.75) is 32.9 Å². The van der Waals surface area contributed by atoms with Crippen LogP contribution in [0, 0.1) is 6.92 Å². The van der Waals surface area contributed by atoms with Gasteiger partial charge in [-0.15, -0.1) is 0 Å². The number of aromatic nitrogens is 1.